The second kappa shape index (κ2) is 9.52. The summed E-state index contributed by atoms with van der Waals surface area (Å²) in [4.78, 5) is 15.5. The second-order valence-corrected chi connectivity index (χ2v) is 8.97. The quantitative estimate of drug-likeness (QED) is 0.754. The van der Waals surface area contributed by atoms with Crippen molar-refractivity contribution in [2.45, 2.75) is 46.2 Å². The smallest absolute Gasteiger partial charge is 0.240 e. The molecular formula is C25H34N2O3. The molecule has 3 rings (SSSR count). The van der Waals surface area contributed by atoms with Gasteiger partial charge in [-0.25, -0.2) is 0 Å². The van der Waals surface area contributed by atoms with Gasteiger partial charge < -0.3 is 19.7 Å². The molecule has 5 heteroatoms. The van der Waals surface area contributed by atoms with Gasteiger partial charge in [-0.3, -0.25) is 4.79 Å². The van der Waals surface area contributed by atoms with Crippen molar-refractivity contribution in [2.75, 3.05) is 27.3 Å². The SMILES string of the molecule is COc1cc2c(cc1OC)CN(C(=O)[C@H](NCCc1ccccc1)C(C)(C)C)CC2. The first-order valence-electron chi connectivity index (χ1n) is 10.6. The van der Waals surface area contributed by atoms with Gasteiger partial charge in [0.15, 0.2) is 11.5 Å². The first-order chi connectivity index (χ1) is 14.3. The number of hydrogen-bond donors (Lipinski definition) is 1. The lowest BCUT2D eigenvalue weighted by molar-refractivity contribution is -0.137. The molecule has 1 heterocycles. The van der Waals surface area contributed by atoms with E-state index in [0.717, 1.165) is 30.7 Å². The molecule has 0 aromatic heterocycles. The lowest BCUT2D eigenvalue weighted by Gasteiger charge is -2.37. The molecule has 0 aliphatic carbocycles. The molecule has 0 bridgehead atoms. The number of fused-ring (bicyclic) bond motifs is 1. The summed E-state index contributed by atoms with van der Waals surface area (Å²) in [7, 11) is 3.29. The summed E-state index contributed by atoms with van der Waals surface area (Å²) < 4.78 is 10.9. The Balaban J connectivity index is 1.70. The van der Waals surface area contributed by atoms with E-state index in [0.29, 0.717) is 18.8 Å². The maximum absolute atomic E-state index is 13.5. The lowest BCUT2D eigenvalue weighted by atomic mass is 9.85. The first-order valence-corrected chi connectivity index (χ1v) is 10.6. The van der Waals surface area contributed by atoms with Crippen LogP contribution in [0.5, 0.6) is 11.5 Å². The molecule has 5 nitrogen and oxygen atoms in total. The summed E-state index contributed by atoms with van der Waals surface area (Å²) >= 11 is 0. The molecule has 162 valence electrons. The van der Waals surface area contributed by atoms with E-state index in [1.807, 2.05) is 23.1 Å². The Morgan fingerprint density at radius 3 is 2.30 bits per heavy atom. The van der Waals surface area contributed by atoms with Gasteiger partial charge in [0.05, 0.1) is 20.3 Å². The van der Waals surface area contributed by atoms with Gasteiger partial charge in [0.2, 0.25) is 5.91 Å². The molecule has 0 saturated heterocycles. The number of hydrogen-bond acceptors (Lipinski definition) is 4. The maximum atomic E-state index is 13.5. The van der Waals surface area contributed by atoms with Gasteiger partial charge in [-0.1, -0.05) is 51.1 Å². The highest BCUT2D eigenvalue weighted by Crippen LogP contribution is 2.34. The van der Waals surface area contributed by atoms with Crippen LogP contribution in [0.4, 0.5) is 0 Å². The van der Waals surface area contributed by atoms with Crippen molar-refractivity contribution in [3.05, 3.63) is 59.2 Å². The van der Waals surface area contributed by atoms with Gasteiger partial charge in [-0.05, 0) is 53.6 Å². The number of carbonyl (C=O) groups excluding carboxylic acids is 1. The largest absolute Gasteiger partial charge is 0.493 e. The number of carbonyl (C=O) groups is 1. The van der Waals surface area contributed by atoms with Crippen molar-refractivity contribution >= 4 is 5.91 Å². The van der Waals surface area contributed by atoms with E-state index < -0.39 is 0 Å². The fourth-order valence-corrected chi connectivity index (χ4v) is 4.02. The van der Waals surface area contributed by atoms with Crippen molar-refractivity contribution < 1.29 is 14.3 Å². The molecular weight excluding hydrogens is 376 g/mol. The average Bonchev–Trinajstić information content (AvgIpc) is 2.74. The topological polar surface area (TPSA) is 50.8 Å². The molecule has 30 heavy (non-hydrogen) atoms. The summed E-state index contributed by atoms with van der Waals surface area (Å²) in [6, 6.07) is 14.2. The number of nitrogens with zero attached hydrogens (tertiary/aromatic N) is 1. The summed E-state index contributed by atoms with van der Waals surface area (Å²) in [5.41, 5.74) is 3.45. The molecule has 2 aromatic rings. The molecule has 1 amide bonds. The molecule has 1 aliphatic heterocycles. The normalized spacial score (nSPS) is 14.8. The number of amides is 1. The van der Waals surface area contributed by atoms with Crippen LogP contribution in [0.15, 0.2) is 42.5 Å². The molecule has 0 fully saturated rings. The molecule has 1 aliphatic rings. The third-order valence-electron chi connectivity index (χ3n) is 5.75. The third kappa shape index (κ3) is 5.14. The van der Waals surface area contributed by atoms with Crippen LogP contribution in [0.3, 0.4) is 0 Å². The van der Waals surface area contributed by atoms with E-state index in [9.17, 15) is 4.79 Å². The van der Waals surface area contributed by atoms with Gasteiger partial charge >= 0.3 is 0 Å². The molecule has 0 saturated carbocycles. The minimum Gasteiger partial charge on any atom is -0.493 e. The van der Waals surface area contributed by atoms with E-state index in [-0.39, 0.29) is 17.4 Å². The Kier molecular flexibility index (Phi) is 7.03. The Labute approximate surface area is 180 Å². The first kappa shape index (κ1) is 22.2. The van der Waals surface area contributed by atoms with Crippen LogP contribution in [-0.2, 0) is 24.2 Å². The zero-order chi connectivity index (χ0) is 21.7. The van der Waals surface area contributed by atoms with E-state index in [4.69, 9.17) is 9.47 Å². The summed E-state index contributed by atoms with van der Waals surface area (Å²) in [6.45, 7) is 8.45. The van der Waals surface area contributed by atoms with Gasteiger partial charge in [-0.15, -0.1) is 0 Å². The van der Waals surface area contributed by atoms with Crippen molar-refractivity contribution in [3.8, 4) is 11.5 Å². The van der Waals surface area contributed by atoms with Gasteiger partial charge in [0.1, 0.15) is 0 Å². The highest BCUT2D eigenvalue weighted by molar-refractivity contribution is 5.83. The second-order valence-electron chi connectivity index (χ2n) is 8.97. The summed E-state index contributed by atoms with van der Waals surface area (Å²) in [6.07, 6.45) is 1.73. The van der Waals surface area contributed by atoms with E-state index in [2.05, 4.69) is 50.4 Å². The third-order valence-corrected chi connectivity index (χ3v) is 5.75. The zero-order valence-electron chi connectivity index (χ0n) is 18.8. The minimum atomic E-state index is -0.233. The zero-order valence-corrected chi connectivity index (χ0v) is 18.8. The van der Waals surface area contributed by atoms with Gasteiger partial charge in [-0.2, -0.15) is 0 Å². The van der Waals surface area contributed by atoms with Gasteiger partial charge in [0.25, 0.3) is 0 Å². The maximum Gasteiger partial charge on any atom is 0.240 e. The molecule has 2 aromatic carbocycles. The molecule has 0 radical (unpaired) electrons. The number of benzene rings is 2. The monoisotopic (exact) mass is 410 g/mol. The van der Waals surface area contributed by atoms with Crippen LogP contribution in [0.1, 0.15) is 37.5 Å². The Morgan fingerprint density at radius 1 is 1.07 bits per heavy atom. The van der Waals surface area contributed by atoms with Crippen molar-refractivity contribution in [1.82, 2.24) is 10.2 Å². The fraction of sp³-hybridized carbons (Fsp3) is 0.480. The van der Waals surface area contributed by atoms with Crippen molar-refractivity contribution in [1.29, 1.82) is 0 Å². The molecule has 0 spiro atoms. The van der Waals surface area contributed by atoms with Crippen LogP contribution in [0.25, 0.3) is 0 Å². The van der Waals surface area contributed by atoms with Crippen LogP contribution < -0.4 is 14.8 Å². The van der Waals surface area contributed by atoms with E-state index in [1.165, 1.54) is 11.1 Å². The Morgan fingerprint density at radius 2 is 1.70 bits per heavy atom. The van der Waals surface area contributed by atoms with Crippen LogP contribution in [0, 0.1) is 5.41 Å². The fourth-order valence-electron chi connectivity index (χ4n) is 4.02. The number of rotatable bonds is 7. The lowest BCUT2D eigenvalue weighted by Crippen LogP contribution is -2.54. The predicted molar refractivity (Wildman–Crippen MR) is 120 cm³/mol. The summed E-state index contributed by atoms with van der Waals surface area (Å²) in [5.74, 6) is 1.61. The molecule has 0 unspecified atom stereocenters. The number of nitrogens with one attached hydrogen (secondary N) is 1. The molecule has 1 atom stereocenters. The van der Waals surface area contributed by atoms with E-state index >= 15 is 0 Å². The van der Waals surface area contributed by atoms with E-state index in [1.54, 1.807) is 14.2 Å². The average molecular weight is 411 g/mol. The highest BCUT2D eigenvalue weighted by Gasteiger charge is 2.35. The van der Waals surface area contributed by atoms with Crippen molar-refractivity contribution in [3.63, 3.8) is 0 Å². The Bertz CT molecular complexity index is 859. The van der Waals surface area contributed by atoms with Crippen molar-refractivity contribution in [2.24, 2.45) is 5.41 Å². The summed E-state index contributed by atoms with van der Waals surface area (Å²) in [5, 5.41) is 3.53. The van der Waals surface area contributed by atoms with Crippen LogP contribution in [-0.4, -0.2) is 44.2 Å². The van der Waals surface area contributed by atoms with Crippen LogP contribution in [0.2, 0.25) is 0 Å². The highest BCUT2D eigenvalue weighted by atomic mass is 16.5. The number of methoxy groups -OCH3 is 2. The Hall–Kier alpha value is -2.53. The van der Waals surface area contributed by atoms with Crippen LogP contribution >= 0.6 is 0 Å². The number of ether oxygens (including phenoxy) is 2. The predicted octanol–water partition coefficient (Wildman–Crippen LogP) is 3.84. The minimum absolute atomic E-state index is 0.163. The van der Waals surface area contributed by atoms with Gasteiger partial charge in [0, 0.05) is 13.1 Å². The standard InChI is InChI=1S/C25H34N2O3/c1-25(2,3)23(26-13-11-18-9-7-6-8-10-18)24(28)27-14-12-19-15-21(29-4)22(30-5)16-20(19)17-27/h6-10,15-16,23,26H,11-14,17H2,1-5H3/t23-/m0/s1. The molecule has 1 N–H and O–H groups in total.